The lowest BCUT2D eigenvalue weighted by Gasteiger charge is -2.06. The van der Waals surface area contributed by atoms with Crippen LogP contribution in [0.1, 0.15) is 28.4 Å². The largest absolute Gasteiger partial charge is 0.360 e. The summed E-state index contributed by atoms with van der Waals surface area (Å²) in [6.07, 6.45) is 1.50. The quantitative estimate of drug-likeness (QED) is 0.742. The van der Waals surface area contributed by atoms with E-state index in [0.717, 1.165) is 16.6 Å². The van der Waals surface area contributed by atoms with E-state index in [2.05, 4.69) is 4.98 Å². The van der Waals surface area contributed by atoms with E-state index >= 15 is 0 Å². The van der Waals surface area contributed by atoms with Gasteiger partial charge in [0.1, 0.15) is 0 Å². The first-order valence-corrected chi connectivity index (χ1v) is 5.15. The fraction of sp³-hybridized carbons (Fsp3) is 0.231. The van der Waals surface area contributed by atoms with Crippen molar-refractivity contribution >= 4 is 16.7 Å². The highest BCUT2D eigenvalue weighted by Crippen LogP contribution is 2.17. The number of nitrogens with one attached hydrogen (secondary N) is 1. The zero-order valence-corrected chi connectivity index (χ0v) is 9.55. The highest BCUT2D eigenvalue weighted by Gasteiger charge is 2.11. The van der Waals surface area contributed by atoms with Crippen LogP contribution in [0.2, 0.25) is 0 Å². The lowest BCUT2D eigenvalue weighted by molar-refractivity contribution is 0.101. The second-order valence-corrected chi connectivity index (χ2v) is 4.04. The van der Waals surface area contributed by atoms with Gasteiger partial charge in [-0.25, -0.2) is 0 Å². The van der Waals surface area contributed by atoms with E-state index in [1.54, 1.807) is 0 Å². The number of hydrogen-bond donors (Lipinski definition) is 1. The molecule has 0 atom stereocenters. The Morgan fingerprint density at radius 3 is 2.44 bits per heavy atom. The van der Waals surface area contributed by atoms with Crippen molar-refractivity contribution in [2.75, 3.05) is 0 Å². The summed E-state index contributed by atoms with van der Waals surface area (Å²) in [5.41, 5.74) is 2.76. The van der Waals surface area contributed by atoms with Crippen LogP contribution < -0.4 is 5.43 Å². The minimum atomic E-state index is -0.205. The molecule has 0 aliphatic rings. The predicted octanol–water partition coefficient (Wildman–Crippen LogP) is 2.35. The zero-order chi connectivity index (χ0) is 11.9. The molecule has 2 rings (SSSR count). The molecule has 3 nitrogen and oxygen atoms in total. The van der Waals surface area contributed by atoms with Crippen LogP contribution in [0.25, 0.3) is 10.9 Å². The maximum atomic E-state index is 12.1. The number of aromatic nitrogens is 1. The minimum Gasteiger partial charge on any atom is -0.360 e. The number of aromatic amines is 1. The number of aryl methyl sites for hydroxylation is 2. The number of rotatable bonds is 1. The molecule has 1 heterocycles. The Morgan fingerprint density at radius 1 is 1.19 bits per heavy atom. The van der Waals surface area contributed by atoms with Crippen LogP contribution in [-0.4, -0.2) is 10.8 Å². The fourth-order valence-electron chi connectivity index (χ4n) is 1.90. The first kappa shape index (κ1) is 10.6. The van der Waals surface area contributed by atoms with Gasteiger partial charge < -0.3 is 4.98 Å². The molecule has 0 amide bonds. The molecule has 1 N–H and O–H groups in total. The standard InChI is InChI=1S/C13H13NO2/c1-7-4-5-8(2)12-11(7)13(16)10(6-14-12)9(3)15/h4-6H,1-3H3,(H,14,16). The molecule has 2 aromatic rings. The molecule has 0 saturated carbocycles. The van der Waals surface area contributed by atoms with E-state index in [-0.39, 0.29) is 16.8 Å². The molecule has 0 saturated heterocycles. The molecule has 1 aromatic carbocycles. The smallest absolute Gasteiger partial charge is 0.200 e. The number of hydrogen-bond acceptors (Lipinski definition) is 2. The zero-order valence-electron chi connectivity index (χ0n) is 9.55. The van der Waals surface area contributed by atoms with Crippen LogP contribution in [0.5, 0.6) is 0 Å². The number of carbonyl (C=O) groups is 1. The lowest BCUT2D eigenvalue weighted by atomic mass is 10.0. The normalized spacial score (nSPS) is 10.7. The average molecular weight is 215 g/mol. The Morgan fingerprint density at radius 2 is 1.81 bits per heavy atom. The van der Waals surface area contributed by atoms with Gasteiger partial charge in [-0.15, -0.1) is 0 Å². The van der Waals surface area contributed by atoms with Crippen LogP contribution in [0.3, 0.4) is 0 Å². The van der Waals surface area contributed by atoms with Crippen LogP contribution in [0.15, 0.2) is 23.1 Å². The van der Waals surface area contributed by atoms with E-state index < -0.39 is 0 Å². The number of benzene rings is 1. The molecule has 0 aliphatic heterocycles. The van der Waals surface area contributed by atoms with E-state index in [9.17, 15) is 9.59 Å². The molecule has 0 unspecified atom stereocenters. The van der Waals surface area contributed by atoms with Gasteiger partial charge in [0, 0.05) is 11.6 Å². The number of pyridine rings is 1. The van der Waals surface area contributed by atoms with E-state index in [4.69, 9.17) is 0 Å². The SMILES string of the molecule is CC(=O)c1c[nH]c2c(C)ccc(C)c2c1=O. The maximum Gasteiger partial charge on any atom is 0.200 e. The van der Waals surface area contributed by atoms with Gasteiger partial charge in [0.15, 0.2) is 11.2 Å². The third-order valence-corrected chi connectivity index (χ3v) is 2.83. The van der Waals surface area contributed by atoms with E-state index in [0.29, 0.717) is 5.39 Å². The van der Waals surface area contributed by atoms with Gasteiger partial charge in [0.05, 0.1) is 11.1 Å². The van der Waals surface area contributed by atoms with E-state index in [1.165, 1.54) is 13.1 Å². The van der Waals surface area contributed by atoms with Crippen LogP contribution in [-0.2, 0) is 0 Å². The predicted molar refractivity (Wildman–Crippen MR) is 64.0 cm³/mol. The first-order chi connectivity index (χ1) is 7.52. The third-order valence-electron chi connectivity index (χ3n) is 2.83. The summed E-state index contributed by atoms with van der Waals surface area (Å²) >= 11 is 0. The van der Waals surface area contributed by atoms with Crippen LogP contribution in [0.4, 0.5) is 0 Å². The van der Waals surface area contributed by atoms with Crippen molar-refractivity contribution in [3.05, 3.63) is 45.2 Å². The van der Waals surface area contributed by atoms with Crippen molar-refractivity contribution in [1.82, 2.24) is 4.98 Å². The molecule has 3 heteroatoms. The molecule has 0 spiro atoms. The Labute approximate surface area is 93.1 Å². The summed E-state index contributed by atoms with van der Waals surface area (Å²) in [6, 6.07) is 3.86. The van der Waals surface area contributed by atoms with Gasteiger partial charge >= 0.3 is 0 Å². The summed E-state index contributed by atoms with van der Waals surface area (Å²) in [5.74, 6) is -0.205. The van der Waals surface area contributed by atoms with Crippen LogP contribution in [0, 0.1) is 13.8 Å². The average Bonchev–Trinajstić information content (AvgIpc) is 2.23. The van der Waals surface area contributed by atoms with Gasteiger partial charge in [0.25, 0.3) is 0 Å². The molecular formula is C13H13NO2. The molecular weight excluding hydrogens is 202 g/mol. The van der Waals surface area contributed by atoms with Crippen molar-refractivity contribution in [1.29, 1.82) is 0 Å². The number of carbonyl (C=O) groups excluding carboxylic acids is 1. The topological polar surface area (TPSA) is 49.9 Å². The minimum absolute atomic E-state index is 0.178. The Bertz CT molecular complexity index is 638. The number of ketones is 1. The number of H-pyrrole nitrogens is 1. The van der Waals surface area contributed by atoms with E-state index in [1.807, 2.05) is 26.0 Å². The molecule has 0 aliphatic carbocycles. The monoisotopic (exact) mass is 215 g/mol. The summed E-state index contributed by atoms with van der Waals surface area (Å²) in [6.45, 7) is 5.22. The molecule has 82 valence electrons. The molecule has 0 fully saturated rings. The molecule has 16 heavy (non-hydrogen) atoms. The van der Waals surface area contributed by atoms with Crippen molar-refractivity contribution in [3.8, 4) is 0 Å². The van der Waals surface area contributed by atoms with Crippen molar-refractivity contribution in [3.63, 3.8) is 0 Å². The maximum absolute atomic E-state index is 12.1. The van der Waals surface area contributed by atoms with Gasteiger partial charge in [-0.2, -0.15) is 0 Å². The Kier molecular flexibility index (Phi) is 2.38. The second-order valence-electron chi connectivity index (χ2n) is 4.04. The van der Waals surface area contributed by atoms with Crippen LogP contribution >= 0.6 is 0 Å². The summed E-state index contributed by atoms with van der Waals surface area (Å²) in [4.78, 5) is 26.4. The highest BCUT2D eigenvalue weighted by atomic mass is 16.1. The van der Waals surface area contributed by atoms with Gasteiger partial charge in [-0.1, -0.05) is 12.1 Å². The summed E-state index contributed by atoms with van der Waals surface area (Å²) < 4.78 is 0. The number of fused-ring (bicyclic) bond motifs is 1. The molecule has 0 bridgehead atoms. The summed E-state index contributed by atoms with van der Waals surface area (Å²) in [5, 5.41) is 0.618. The van der Waals surface area contributed by atoms with Crippen molar-refractivity contribution < 1.29 is 4.79 Å². The number of Topliss-reactive ketones (excluding diaryl/α,β-unsaturated/α-hetero) is 1. The molecule has 1 aromatic heterocycles. The van der Waals surface area contributed by atoms with Gasteiger partial charge in [0.2, 0.25) is 0 Å². The van der Waals surface area contributed by atoms with Gasteiger partial charge in [-0.3, -0.25) is 9.59 Å². The second kappa shape index (κ2) is 3.59. The van der Waals surface area contributed by atoms with Crippen molar-refractivity contribution in [2.24, 2.45) is 0 Å². The Balaban J connectivity index is 3.00. The summed E-state index contributed by atoms with van der Waals surface area (Å²) in [7, 11) is 0. The van der Waals surface area contributed by atoms with Crippen molar-refractivity contribution in [2.45, 2.75) is 20.8 Å². The third kappa shape index (κ3) is 1.45. The highest BCUT2D eigenvalue weighted by molar-refractivity contribution is 5.98. The first-order valence-electron chi connectivity index (χ1n) is 5.15. The fourth-order valence-corrected chi connectivity index (χ4v) is 1.90. The molecule has 0 radical (unpaired) electrons. The van der Waals surface area contributed by atoms with Gasteiger partial charge in [-0.05, 0) is 31.9 Å². The Hall–Kier alpha value is -1.90. The lowest BCUT2D eigenvalue weighted by Crippen LogP contribution is -2.15.